The van der Waals surface area contributed by atoms with Crippen molar-refractivity contribution in [3.63, 3.8) is 0 Å². The van der Waals surface area contributed by atoms with Gasteiger partial charge in [0, 0.05) is 23.6 Å². The Morgan fingerprint density at radius 1 is 0.951 bits per heavy atom. The van der Waals surface area contributed by atoms with E-state index < -0.39 is 0 Å². The van der Waals surface area contributed by atoms with E-state index in [9.17, 15) is 9.18 Å². The molecule has 8 nitrogen and oxygen atoms in total. The average molecular weight is 582 g/mol. The molecule has 1 N–H and O–H groups in total. The zero-order chi connectivity index (χ0) is 29.0. The van der Waals surface area contributed by atoms with Crippen LogP contribution < -0.4 is 19.5 Å². The molecule has 0 atom stereocenters. The summed E-state index contributed by atoms with van der Waals surface area (Å²) in [5, 5.41) is 4.45. The van der Waals surface area contributed by atoms with E-state index in [1.807, 2.05) is 25.1 Å². The molecule has 4 rings (SSSR count). The number of benzene rings is 3. The fraction of sp³-hybridized carbons (Fsp3) is 0.323. The molecular weight excluding hydrogens is 549 g/mol. The summed E-state index contributed by atoms with van der Waals surface area (Å²) in [4.78, 5) is 20.3. The normalized spacial score (nSPS) is 10.8. The molecule has 0 aliphatic heterocycles. The summed E-state index contributed by atoms with van der Waals surface area (Å²) in [7, 11) is 1.59. The minimum atomic E-state index is -0.317. The van der Waals surface area contributed by atoms with Crippen LogP contribution in [0.1, 0.15) is 44.6 Å². The molecule has 0 aliphatic rings. The molecule has 0 saturated carbocycles. The number of ether oxygens (including phenoxy) is 4. The summed E-state index contributed by atoms with van der Waals surface area (Å²) < 4.78 is 35.8. The fourth-order valence-electron chi connectivity index (χ4n) is 4.20. The Bertz CT molecular complexity index is 1470. The van der Waals surface area contributed by atoms with Crippen LogP contribution in [0.15, 0.2) is 60.9 Å². The van der Waals surface area contributed by atoms with Gasteiger partial charge in [0.1, 0.15) is 30.3 Å². The van der Waals surface area contributed by atoms with Gasteiger partial charge in [-0.3, -0.25) is 4.79 Å². The van der Waals surface area contributed by atoms with Gasteiger partial charge in [-0.05, 0) is 61.7 Å². The second kappa shape index (κ2) is 15.0. The number of fused-ring (bicyclic) bond motifs is 1. The minimum absolute atomic E-state index is 0.149. The molecule has 0 spiro atoms. The molecule has 0 unspecified atom stereocenters. The molecule has 0 amide bonds. The lowest BCUT2D eigenvalue weighted by molar-refractivity contribution is -0.143. The van der Waals surface area contributed by atoms with Crippen molar-refractivity contribution in [2.24, 2.45) is 0 Å². The van der Waals surface area contributed by atoms with Crippen molar-refractivity contribution in [3.8, 4) is 17.2 Å². The highest BCUT2D eigenvalue weighted by molar-refractivity contribution is 6.32. The van der Waals surface area contributed by atoms with E-state index in [-0.39, 0.29) is 18.4 Å². The topological polar surface area (TPSA) is 91.8 Å². The monoisotopic (exact) mass is 581 g/mol. The Labute approximate surface area is 243 Å². The fourth-order valence-corrected chi connectivity index (χ4v) is 4.43. The SMILES string of the molecule is CCOC(=O)CCCCCCOc1cc2c(Nc3ccc(OCc4cccc(F)c4)c(Cl)c3)ncnc2cc1OC. The molecule has 3 aromatic carbocycles. The lowest BCUT2D eigenvalue weighted by Gasteiger charge is -2.14. The third-order valence-electron chi connectivity index (χ3n) is 6.24. The summed E-state index contributed by atoms with van der Waals surface area (Å²) in [6.45, 7) is 2.92. The summed E-state index contributed by atoms with van der Waals surface area (Å²) in [5.74, 6) is 1.75. The highest BCUT2D eigenvalue weighted by atomic mass is 35.5. The second-order valence-electron chi connectivity index (χ2n) is 9.25. The first kappa shape index (κ1) is 29.9. The number of anilines is 2. The van der Waals surface area contributed by atoms with Crippen LogP contribution in [0.4, 0.5) is 15.9 Å². The second-order valence-corrected chi connectivity index (χ2v) is 9.66. The van der Waals surface area contributed by atoms with Gasteiger partial charge in [-0.1, -0.05) is 36.6 Å². The van der Waals surface area contributed by atoms with Gasteiger partial charge in [-0.2, -0.15) is 0 Å². The maximum absolute atomic E-state index is 13.4. The van der Waals surface area contributed by atoms with Gasteiger partial charge in [0.25, 0.3) is 0 Å². The number of nitrogens with zero attached hydrogens (tertiary/aromatic N) is 2. The number of carbonyl (C=O) groups is 1. The molecule has 0 bridgehead atoms. The first-order valence-corrected chi connectivity index (χ1v) is 13.9. The van der Waals surface area contributed by atoms with E-state index in [1.54, 1.807) is 31.4 Å². The Balaban J connectivity index is 1.39. The molecule has 1 heterocycles. The molecule has 1 aromatic heterocycles. The number of nitrogens with one attached hydrogen (secondary N) is 1. The molecule has 0 saturated heterocycles. The van der Waals surface area contributed by atoms with Crippen LogP contribution >= 0.6 is 11.6 Å². The summed E-state index contributed by atoms with van der Waals surface area (Å²) >= 11 is 6.48. The van der Waals surface area contributed by atoms with Gasteiger partial charge < -0.3 is 24.3 Å². The predicted molar refractivity (Wildman–Crippen MR) is 157 cm³/mol. The van der Waals surface area contributed by atoms with E-state index >= 15 is 0 Å². The number of halogens is 2. The van der Waals surface area contributed by atoms with Crippen molar-refractivity contribution in [2.45, 2.75) is 45.6 Å². The van der Waals surface area contributed by atoms with Crippen molar-refractivity contribution in [2.75, 3.05) is 25.6 Å². The number of hydrogen-bond acceptors (Lipinski definition) is 8. The van der Waals surface area contributed by atoms with Gasteiger partial charge in [0.15, 0.2) is 11.5 Å². The summed E-state index contributed by atoms with van der Waals surface area (Å²) in [6, 6.07) is 15.2. The number of esters is 1. The Morgan fingerprint density at radius 3 is 2.59 bits per heavy atom. The van der Waals surface area contributed by atoms with Gasteiger partial charge in [-0.15, -0.1) is 0 Å². The molecule has 216 valence electrons. The van der Waals surface area contributed by atoms with Crippen LogP contribution in [0.5, 0.6) is 17.2 Å². The zero-order valence-corrected chi connectivity index (χ0v) is 23.9. The molecule has 0 aliphatic carbocycles. The lowest BCUT2D eigenvalue weighted by Crippen LogP contribution is -2.04. The van der Waals surface area contributed by atoms with Crippen molar-refractivity contribution in [1.82, 2.24) is 9.97 Å². The van der Waals surface area contributed by atoms with Crippen molar-refractivity contribution in [3.05, 3.63) is 77.3 Å². The van der Waals surface area contributed by atoms with Gasteiger partial charge >= 0.3 is 5.97 Å². The minimum Gasteiger partial charge on any atom is -0.493 e. The van der Waals surface area contributed by atoms with E-state index in [0.717, 1.165) is 31.1 Å². The molecule has 4 aromatic rings. The quantitative estimate of drug-likeness (QED) is 0.113. The lowest BCUT2D eigenvalue weighted by atomic mass is 10.1. The van der Waals surface area contributed by atoms with E-state index in [1.165, 1.54) is 18.5 Å². The van der Waals surface area contributed by atoms with Crippen LogP contribution in [0.25, 0.3) is 10.9 Å². The average Bonchev–Trinajstić information content (AvgIpc) is 2.96. The molecule has 0 radical (unpaired) electrons. The number of methoxy groups -OCH3 is 1. The van der Waals surface area contributed by atoms with Crippen LogP contribution in [-0.2, 0) is 16.1 Å². The van der Waals surface area contributed by atoms with Gasteiger partial charge in [0.2, 0.25) is 0 Å². The van der Waals surface area contributed by atoms with Crippen LogP contribution in [-0.4, -0.2) is 36.3 Å². The first-order valence-electron chi connectivity index (χ1n) is 13.5. The first-order chi connectivity index (χ1) is 20.0. The van der Waals surface area contributed by atoms with Gasteiger partial charge in [0.05, 0.1) is 30.9 Å². The molecular formula is C31H33ClFN3O5. The zero-order valence-electron chi connectivity index (χ0n) is 23.1. The number of rotatable bonds is 15. The Kier molecular flexibility index (Phi) is 11.0. The van der Waals surface area contributed by atoms with Gasteiger partial charge in [-0.25, -0.2) is 14.4 Å². The number of carbonyl (C=O) groups excluding carboxylic acids is 1. The largest absolute Gasteiger partial charge is 0.493 e. The van der Waals surface area contributed by atoms with E-state index in [2.05, 4.69) is 15.3 Å². The third kappa shape index (κ3) is 8.69. The Hall–Kier alpha value is -4.11. The number of hydrogen-bond donors (Lipinski definition) is 1. The Morgan fingerprint density at radius 2 is 1.80 bits per heavy atom. The highest BCUT2D eigenvalue weighted by Crippen LogP contribution is 2.36. The molecule has 41 heavy (non-hydrogen) atoms. The maximum atomic E-state index is 13.4. The smallest absolute Gasteiger partial charge is 0.305 e. The van der Waals surface area contributed by atoms with E-state index in [4.69, 9.17) is 30.5 Å². The predicted octanol–water partition coefficient (Wildman–Crippen LogP) is 7.65. The van der Waals surface area contributed by atoms with Crippen molar-refractivity contribution in [1.29, 1.82) is 0 Å². The summed E-state index contributed by atoms with van der Waals surface area (Å²) in [6.07, 6.45) is 5.42. The van der Waals surface area contributed by atoms with Crippen LogP contribution in [0, 0.1) is 5.82 Å². The van der Waals surface area contributed by atoms with Crippen LogP contribution in [0.3, 0.4) is 0 Å². The molecule has 10 heteroatoms. The number of aromatic nitrogens is 2. The van der Waals surface area contributed by atoms with Crippen molar-refractivity contribution >= 4 is 40.0 Å². The standard InChI is InChI=1S/C31H33ClFN3O5/c1-3-39-30(37)11-6-4-5-7-14-40-29-17-24-26(18-28(29)38-2)34-20-35-31(24)36-23-12-13-27(25(32)16-23)41-19-21-9-8-10-22(33)15-21/h8-10,12-13,15-18,20H,3-7,11,14,19H2,1-2H3,(H,34,35,36). The molecule has 0 fully saturated rings. The number of unbranched alkanes of at least 4 members (excludes halogenated alkanes) is 3. The maximum Gasteiger partial charge on any atom is 0.305 e. The van der Waals surface area contributed by atoms with Crippen molar-refractivity contribution < 1.29 is 28.1 Å². The van der Waals surface area contributed by atoms with E-state index in [0.29, 0.717) is 64.5 Å². The third-order valence-corrected chi connectivity index (χ3v) is 6.53. The highest BCUT2D eigenvalue weighted by Gasteiger charge is 2.13. The summed E-state index contributed by atoms with van der Waals surface area (Å²) in [5.41, 5.74) is 2.10. The van der Waals surface area contributed by atoms with Crippen LogP contribution in [0.2, 0.25) is 5.02 Å².